The molecule has 0 N–H and O–H groups in total. The number of halogens is 2. The van der Waals surface area contributed by atoms with Crippen LogP contribution in [-0.2, 0) is 4.79 Å². The molecule has 0 saturated heterocycles. The van der Waals surface area contributed by atoms with Crippen LogP contribution in [0.2, 0.25) is 0 Å². The molecule has 4 heteroatoms. The van der Waals surface area contributed by atoms with Gasteiger partial charge in [0, 0.05) is 5.92 Å². The maximum Gasteiger partial charge on any atom is 0.270 e. The Morgan fingerprint density at radius 2 is 1.92 bits per heavy atom. The number of nitrogens with zero attached hydrogens (tertiary/aromatic N) is 1. The van der Waals surface area contributed by atoms with E-state index in [9.17, 15) is 13.6 Å². The molecular formula is C9H13F2NO. The van der Waals surface area contributed by atoms with Crippen molar-refractivity contribution in [3.8, 4) is 0 Å². The summed E-state index contributed by atoms with van der Waals surface area (Å²) >= 11 is 0. The van der Waals surface area contributed by atoms with Crippen LogP contribution in [0.15, 0.2) is 4.99 Å². The van der Waals surface area contributed by atoms with Crippen molar-refractivity contribution in [1.82, 2.24) is 0 Å². The maximum absolute atomic E-state index is 13.2. The van der Waals surface area contributed by atoms with E-state index >= 15 is 0 Å². The normalized spacial score (nSPS) is 19.5. The van der Waals surface area contributed by atoms with E-state index in [-0.39, 0.29) is 0 Å². The standard InChI is InChI=1S/C9H13F2NO/c10-9(11,6-12-7-13)8-4-2-1-3-5-8/h8H,1-6H2. The van der Waals surface area contributed by atoms with Crippen LogP contribution in [0, 0.1) is 5.92 Å². The summed E-state index contributed by atoms with van der Waals surface area (Å²) in [6, 6.07) is 0. The predicted octanol–water partition coefficient (Wildman–Crippen LogP) is 2.54. The third-order valence-corrected chi connectivity index (χ3v) is 2.56. The number of hydrogen-bond donors (Lipinski definition) is 0. The van der Waals surface area contributed by atoms with E-state index in [4.69, 9.17) is 0 Å². The first-order valence-corrected chi connectivity index (χ1v) is 4.58. The highest BCUT2D eigenvalue weighted by Crippen LogP contribution is 2.36. The number of hydrogen-bond acceptors (Lipinski definition) is 2. The van der Waals surface area contributed by atoms with Crippen LogP contribution in [0.5, 0.6) is 0 Å². The van der Waals surface area contributed by atoms with E-state index in [1.165, 1.54) is 0 Å². The van der Waals surface area contributed by atoms with Gasteiger partial charge < -0.3 is 0 Å². The lowest BCUT2D eigenvalue weighted by molar-refractivity contribution is -0.0611. The Balaban J connectivity index is 2.50. The molecule has 2 nitrogen and oxygen atoms in total. The number of isocyanates is 1. The van der Waals surface area contributed by atoms with Crippen molar-refractivity contribution in [2.45, 2.75) is 38.0 Å². The van der Waals surface area contributed by atoms with Crippen molar-refractivity contribution in [3.05, 3.63) is 0 Å². The third kappa shape index (κ3) is 2.88. The minimum Gasteiger partial charge on any atom is -0.211 e. The summed E-state index contributed by atoms with van der Waals surface area (Å²) in [4.78, 5) is 12.7. The average molecular weight is 189 g/mol. The van der Waals surface area contributed by atoms with E-state index in [1.54, 1.807) is 0 Å². The Hall–Kier alpha value is -0.760. The van der Waals surface area contributed by atoms with Crippen LogP contribution < -0.4 is 0 Å². The lowest BCUT2D eigenvalue weighted by Crippen LogP contribution is -2.33. The van der Waals surface area contributed by atoms with Gasteiger partial charge in [-0.3, -0.25) is 0 Å². The highest BCUT2D eigenvalue weighted by Gasteiger charge is 2.39. The van der Waals surface area contributed by atoms with E-state index in [1.807, 2.05) is 0 Å². The molecule has 1 saturated carbocycles. The zero-order chi connectivity index (χ0) is 9.73. The molecule has 0 aromatic heterocycles. The monoisotopic (exact) mass is 189 g/mol. The molecule has 0 unspecified atom stereocenters. The van der Waals surface area contributed by atoms with Crippen LogP contribution in [0.4, 0.5) is 8.78 Å². The largest absolute Gasteiger partial charge is 0.270 e. The number of rotatable bonds is 3. The minimum atomic E-state index is -2.81. The molecule has 13 heavy (non-hydrogen) atoms. The van der Waals surface area contributed by atoms with E-state index in [0.717, 1.165) is 25.3 Å². The van der Waals surface area contributed by atoms with Gasteiger partial charge >= 0.3 is 0 Å². The fourth-order valence-corrected chi connectivity index (χ4v) is 1.79. The third-order valence-electron chi connectivity index (χ3n) is 2.56. The van der Waals surface area contributed by atoms with Crippen LogP contribution in [0.25, 0.3) is 0 Å². The maximum atomic E-state index is 13.2. The molecule has 0 aromatic carbocycles. The molecule has 0 amide bonds. The van der Waals surface area contributed by atoms with Gasteiger partial charge in [-0.15, -0.1) is 0 Å². The van der Waals surface area contributed by atoms with E-state index in [0.29, 0.717) is 12.8 Å². The first kappa shape index (κ1) is 10.3. The van der Waals surface area contributed by atoms with E-state index < -0.39 is 18.4 Å². The molecule has 0 heterocycles. The van der Waals surface area contributed by atoms with Crippen LogP contribution in [-0.4, -0.2) is 18.5 Å². The van der Waals surface area contributed by atoms with E-state index in [2.05, 4.69) is 4.99 Å². The number of aliphatic imine (C=N–C) groups is 1. The van der Waals surface area contributed by atoms with Gasteiger partial charge in [0.25, 0.3) is 5.92 Å². The Labute approximate surface area is 76.0 Å². The Morgan fingerprint density at radius 3 is 2.46 bits per heavy atom. The summed E-state index contributed by atoms with van der Waals surface area (Å²) in [6.45, 7) is -0.693. The molecule has 1 fully saturated rings. The molecule has 1 aliphatic rings. The Kier molecular flexibility index (Phi) is 3.55. The molecule has 0 aromatic rings. The summed E-state index contributed by atoms with van der Waals surface area (Å²) in [5, 5.41) is 0. The van der Waals surface area contributed by atoms with Crippen molar-refractivity contribution in [2.75, 3.05) is 6.54 Å². The topological polar surface area (TPSA) is 29.4 Å². The molecule has 0 spiro atoms. The number of carbonyl (C=O) groups excluding carboxylic acids is 1. The van der Waals surface area contributed by atoms with Gasteiger partial charge in [0.1, 0.15) is 6.54 Å². The van der Waals surface area contributed by atoms with Gasteiger partial charge in [-0.25, -0.2) is 13.6 Å². The predicted molar refractivity (Wildman–Crippen MR) is 44.5 cm³/mol. The van der Waals surface area contributed by atoms with Gasteiger partial charge in [0.15, 0.2) is 0 Å². The SMILES string of the molecule is O=C=NCC(F)(F)C1CCCCC1. The van der Waals surface area contributed by atoms with Gasteiger partial charge in [-0.05, 0) is 12.8 Å². The molecule has 1 rings (SSSR count). The first-order chi connectivity index (χ1) is 6.17. The highest BCUT2D eigenvalue weighted by molar-refractivity contribution is 5.33. The summed E-state index contributed by atoms with van der Waals surface area (Å²) in [5.74, 6) is -3.39. The molecule has 0 aliphatic heterocycles. The number of alkyl halides is 2. The second kappa shape index (κ2) is 4.47. The minimum absolute atomic E-state index is 0.557. The van der Waals surface area contributed by atoms with Gasteiger partial charge in [0.05, 0.1) is 0 Å². The molecule has 0 radical (unpaired) electrons. The van der Waals surface area contributed by atoms with Crippen LogP contribution >= 0.6 is 0 Å². The second-order valence-electron chi connectivity index (χ2n) is 3.50. The molecule has 1 aliphatic carbocycles. The first-order valence-electron chi connectivity index (χ1n) is 4.58. The Morgan fingerprint density at radius 1 is 1.31 bits per heavy atom. The average Bonchev–Trinajstić information content (AvgIpc) is 2.16. The van der Waals surface area contributed by atoms with Crippen molar-refractivity contribution >= 4 is 6.08 Å². The fourth-order valence-electron chi connectivity index (χ4n) is 1.79. The lowest BCUT2D eigenvalue weighted by Gasteiger charge is -2.28. The van der Waals surface area contributed by atoms with Crippen molar-refractivity contribution in [2.24, 2.45) is 10.9 Å². The van der Waals surface area contributed by atoms with Gasteiger partial charge in [0.2, 0.25) is 6.08 Å². The van der Waals surface area contributed by atoms with Crippen LogP contribution in [0.1, 0.15) is 32.1 Å². The molecule has 0 bridgehead atoms. The quantitative estimate of drug-likeness (QED) is 0.495. The fraction of sp³-hybridized carbons (Fsp3) is 0.889. The molecule has 0 atom stereocenters. The van der Waals surface area contributed by atoms with Gasteiger partial charge in [-0.2, -0.15) is 4.99 Å². The van der Waals surface area contributed by atoms with Crippen LogP contribution in [0.3, 0.4) is 0 Å². The molecule has 74 valence electrons. The highest BCUT2D eigenvalue weighted by atomic mass is 19.3. The zero-order valence-corrected chi connectivity index (χ0v) is 7.43. The summed E-state index contributed by atoms with van der Waals surface area (Å²) in [7, 11) is 0. The Bertz CT molecular complexity index is 206. The molecular weight excluding hydrogens is 176 g/mol. The lowest BCUT2D eigenvalue weighted by atomic mass is 9.84. The summed E-state index contributed by atoms with van der Waals surface area (Å²) in [6.07, 6.45) is 5.05. The summed E-state index contributed by atoms with van der Waals surface area (Å²) < 4.78 is 26.4. The van der Waals surface area contributed by atoms with Crippen molar-refractivity contribution in [3.63, 3.8) is 0 Å². The zero-order valence-electron chi connectivity index (χ0n) is 7.43. The second-order valence-corrected chi connectivity index (χ2v) is 3.50. The van der Waals surface area contributed by atoms with Crippen molar-refractivity contribution in [1.29, 1.82) is 0 Å². The smallest absolute Gasteiger partial charge is 0.211 e. The van der Waals surface area contributed by atoms with Crippen molar-refractivity contribution < 1.29 is 13.6 Å². The van der Waals surface area contributed by atoms with Gasteiger partial charge in [-0.1, -0.05) is 19.3 Å². The summed E-state index contributed by atoms with van der Waals surface area (Å²) in [5.41, 5.74) is 0.